The zero-order valence-electron chi connectivity index (χ0n) is 8.65. The summed E-state index contributed by atoms with van der Waals surface area (Å²) >= 11 is 0. The van der Waals surface area contributed by atoms with Crippen LogP contribution in [0.15, 0.2) is 12.1 Å². The number of non-ortho nitro benzene ring substituents is 1. The minimum atomic E-state index is -1.09. The average Bonchev–Trinajstić information content (AvgIpc) is 2.64. The number of hydrogen-bond donors (Lipinski definition) is 0. The molecule has 1 amide bonds. The van der Waals surface area contributed by atoms with E-state index in [1.54, 1.807) is 0 Å². The molecule has 1 aliphatic rings. The minimum Gasteiger partial charge on any atom is -0.307 e. The van der Waals surface area contributed by atoms with Gasteiger partial charge in [-0.15, -0.1) is 0 Å². The number of anilines is 1. The molecule has 0 bridgehead atoms. The van der Waals surface area contributed by atoms with E-state index in [0.29, 0.717) is 18.6 Å². The van der Waals surface area contributed by atoms with Crippen molar-refractivity contribution in [3.05, 3.63) is 33.9 Å². The summed E-state index contributed by atoms with van der Waals surface area (Å²) in [4.78, 5) is 21.8. The summed E-state index contributed by atoms with van der Waals surface area (Å²) < 4.78 is 27.1. The maximum atomic E-state index is 13.6. The second-order valence-electron chi connectivity index (χ2n) is 3.66. The van der Waals surface area contributed by atoms with Crippen molar-refractivity contribution >= 4 is 17.3 Å². The molecule has 0 saturated carbocycles. The molecule has 0 radical (unpaired) electrons. The fraction of sp³-hybridized carbons (Fsp3) is 0.300. The number of benzene rings is 1. The van der Waals surface area contributed by atoms with Crippen molar-refractivity contribution in [3.8, 4) is 0 Å². The highest BCUT2D eigenvalue weighted by Gasteiger charge is 2.28. The van der Waals surface area contributed by atoms with Gasteiger partial charge in [0.2, 0.25) is 5.91 Å². The first-order valence-electron chi connectivity index (χ1n) is 4.94. The van der Waals surface area contributed by atoms with Crippen LogP contribution in [-0.2, 0) is 4.79 Å². The summed E-state index contributed by atoms with van der Waals surface area (Å²) in [7, 11) is 0. The van der Waals surface area contributed by atoms with E-state index in [0.717, 1.165) is 4.90 Å². The van der Waals surface area contributed by atoms with Crippen molar-refractivity contribution in [1.29, 1.82) is 0 Å². The van der Waals surface area contributed by atoms with Gasteiger partial charge < -0.3 is 4.90 Å². The molecule has 2 rings (SSSR count). The molecule has 0 N–H and O–H groups in total. The average molecular weight is 242 g/mol. The van der Waals surface area contributed by atoms with Crippen LogP contribution < -0.4 is 4.90 Å². The third kappa shape index (κ3) is 1.95. The van der Waals surface area contributed by atoms with Crippen molar-refractivity contribution in [2.24, 2.45) is 0 Å². The monoisotopic (exact) mass is 242 g/mol. The highest BCUT2D eigenvalue weighted by atomic mass is 19.1. The van der Waals surface area contributed by atoms with Crippen molar-refractivity contribution in [1.82, 2.24) is 0 Å². The lowest BCUT2D eigenvalue weighted by atomic mass is 10.2. The van der Waals surface area contributed by atoms with Crippen LogP contribution >= 0.6 is 0 Å². The van der Waals surface area contributed by atoms with E-state index in [1.165, 1.54) is 0 Å². The SMILES string of the molecule is O=C1CCCN1c1c(F)cc([N+](=O)[O-])cc1F. The molecule has 90 valence electrons. The summed E-state index contributed by atoms with van der Waals surface area (Å²) in [5.74, 6) is -2.56. The number of halogens is 2. The number of carbonyl (C=O) groups is 1. The third-order valence-electron chi connectivity index (χ3n) is 2.56. The van der Waals surface area contributed by atoms with Crippen molar-refractivity contribution in [2.75, 3.05) is 11.4 Å². The number of carbonyl (C=O) groups excluding carboxylic acids is 1. The molecular formula is C10H8F2N2O3. The van der Waals surface area contributed by atoms with Gasteiger partial charge in [-0.3, -0.25) is 14.9 Å². The summed E-state index contributed by atoms with van der Waals surface area (Å²) in [6.45, 7) is 0.227. The Kier molecular flexibility index (Phi) is 2.74. The molecule has 1 fully saturated rings. The molecule has 1 saturated heterocycles. The number of nitrogens with zero attached hydrogens (tertiary/aromatic N) is 2. The number of rotatable bonds is 2. The predicted octanol–water partition coefficient (Wildman–Crippen LogP) is 2.00. The first kappa shape index (κ1) is 11.4. The quantitative estimate of drug-likeness (QED) is 0.588. The molecule has 5 nitrogen and oxygen atoms in total. The zero-order chi connectivity index (χ0) is 12.6. The minimum absolute atomic E-state index is 0.227. The Bertz CT molecular complexity index is 481. The Hall–Kier alpha value is -2.05. The maximum Gasteiger partial charge on any atom is 0.275 e. The number of hydrogen-bond acceptors (Lipinski definition) is 3. The topological polar surface area (TPSA) is 63.5 Å². The normalized spacial score (nSPS) is 15.4. The molecule has 0 aliphatic carbocycles. The number of amides is 1. The van der Waals surface area contributed by atoms with E-state index in [4.69, 9.17) is 0 Å². The van der Waals surface area contributed by atoms with Crippen LogP contribution in [0.3, 0.4) is 0 Å². The van der Waals surface area contributed by atoms with Gasteiger partial charge in [-0.25, -0.2) is 8.78 Å². The standard InChI is InChI=1S/C10H8F2N2O3/c11-7-4-6(14(16)17)5-8(12)10(7)13-3-1-2-9(13)15/h4-5H,1-3H2. The van der Waals surface area contributed by atoms with Gasteiger partial charge in [0.15, 0.2) is 11.6 Å². The molecule has 0 atom stereocenters. The highest BCUT2D eigenvalue weighted by Crippen LogP contribution is 2.30. The lowest BCUT2D eigenvalue weighted by Crippen LogP contribution is -2.26. The van der Waals surface area contributed by atoms with E-state index in [1.807, 2.05) is 0 Å². The van der Waals surface area contributed by atoms with E-state index in [-0.39, 0.29) is 18.9 Å². The van der Waals surface area contributed by atoms with E-state index in [9.17, 15) is 23.7 Å². The van der Waals surface area contributed by atoms with Crippen molar-refractivity contribution in [3.63, 3.8) is 0 Å². The van der Waals surface area contributed by atoms with E-state index >= 15 is 0 Å². The number of nitro benzene ring substituents is 1. The van der Waals surface area contributed by atoms with Crippen LogP contribution in [0.5, 0.6) is 0 Å². The lowest BCUT2D eigenvalue weighted by molar-refractivity contribution is -0.385. The van der Waals surface area contributed by atoms with Gasteiger partial charge in [0.25, 0.3) is 5.69 Å². The Balaban J connectivity index is 2.48. The Morgan fingerprint density at radius 1 is 1.29 bits per heavy atom. The lowest BCUT2D eigenvalue weighted by Gasteiger charge is -2.16. The van der Waals surface area contributed by atoms with Gasteiger partial charge in [-0.05, 0) is 6.42 Å². The second kappa shape index (κ2) is 4.08. The summed E-state index contributed by atoms with van der Waals surface area (Å²) in [6.07, 6.45) is 0.755. The molecule has 7 heteroatoms. The second-order valence-corrected chi connectivity index (χ2v) is 3.66. The first-order chi connectivity index (χ1) is 8.00. The Morgan fingerprint density at radius 3 is 2.29 bits per heavy atom. The molecule has 0 aromatic heterocycles. The largest absolute Gasteiger partial charge is 0.307 e. The van der Waals surface area contributed by atoms with Crippen molar-refractivity contribution in [2.45, 2.75) is 12.8 Å². The van der Waals surface area contributed by atoms with Gasteiger partial charge in [0.1, 0.15) is 5.69 Å². The molecule has 1 aromatic carbocycles. The molecule has 17 heavy (non-hydrogen) atoms. The molecule has 0 unspecified atom stereocenters. The van der Waals surface area contributed by atoms with Crippen LogP contribution in [0.4, 0.5) is 20.2 Å². The van der Waals surface area contributed by atoms with E-state index < -0.39 is 27.9 Å². The van der Waals surface area contributed by atoms with Crippen LogP contribution in [-0.4, -0.2) is 17.4 Å². The predicted molar refractivity (Wildman–Crippen MR) is 54.6 cm³/mol. The number of nitro groups is 1. The highest BCUT2D eigenvalue weighted by molar-refractivity contribution is 5.95. The summed E-state index contributed by atoms with van der Waals surface area (Å²) in [5.41, 5.74) is -1.17. The van der Waals surface area contributed by atoms with Crippen LogP contribution in [0.2, 0.25) is 0 Å². The van der Waals surface area contributed by atoms with Crippen LogP contribution in [0, 0.1) is 21.7 Å². The van der Waals surface area contributed by atoms with Gasteiger partial charge in [0.05, 0.1) is 17.1 Å². The van der Waals surface area contributed by atoms with Gasteiger partial charge in [-0.2, -0.15) is 0 Å². The molecule has 1 heterocycles. The molecule has 1 aliphatic heterocycles. The molecule has 0 spiro atoms. The Labute approximate surface area is 94.8 Å². The third-order valence-corrected chi connectivity index (χ3v) is 2.56. The fourth-order valence-electron chi connectivity index (χ4n) is 1.80. The van der Waals surface area contributed by atoms with Crippen LogP contribution in [0.25, 0.3) is 0 Å². The zero-order valence-corrected chi connectivity index (χ0v) is 8.65. The maximum absolute atomic E-state index is 13.6. The van der Waals surface area contributed by atoms with Gasteiger partial charge in [0, 0.05) is 13.0 Å². The van der Waals surface area contributed by atoms with Crippen molar-refractivity contribution < 1.29 is 18.5 Å². The fourth-order valence-corrected chi connectivity index (χ4v) is 1.80. The van der Waals surface area contributed by atoms with E-state index in [2.05, 4.69) is 0 Å². The summed E-state index contributed by atoms with van der Waals surface area (Å²) in [6, 6.07) is 1.23. The smallest absolute Gasteiger partial charge is 0.275 e. The first-order valence-corrected chi connectivity index (χ1v) is 4.94. The Morgan fingerprint density at radius 2 is 1.88 bits per heavy atom. The molecule has 1 aromatic rings. The van der Waals surface area contributed by atoms with Gasteiger partial charge >= 0.3 is 0 Å². The van der Waals surface area contributed by atoms with Crippen LogP contribution in [0.1, 0.15) is 12.8 Å². The van der Waals surface area contributed by atoms with Gasteiger partial charge in [-0.1, -0.05) is 0 Å². The molecular weight excluding hydrogens is 234 g/mol. The summed E-state index contributed by atoms with van der Waals surface area (Å²) in [5, 5.41) is 10.4.